The summed E-state index contributed by atoms with van der Waals surface area (Å²) in [5.74, 6) is -1.27. The van der Waals surface area contributed by atoms with Crippen LogP contribution in [-0.4, -0.2) is 11.1 Å². The molecule has 0 unspecified atom stereocenters. The lowest BCUT2D eigenvalue weighted by Gasteiger charge is -2.23. The van der Waals surface area contributed by atoms with E-state index in [1.807, 2.05) is 0 Å². The van der Waals surface area contributed by atoms with Gasteiger partial charge in [0.2, 0.25) is 0 Å². The molecular formula is C11H13FO2. The first-order valence-electron chi connectivity index (χ1n) is 4.40. The lowest BCUT2D eigenvalue weighted by molar-refractivity contribution is -0.138. The topological polar surface area (TPSA) is 37.3 Å². The first-order valence-corrected chi connectivity index (χ1v) is 4.40. The molecule has 0 bridgehead atoms. The van der Waals surface area contributed by atoms with Gasteiger partial charge in [-0.15, -0.1) is 0 Å². The number of carboxylic acids is 1. The van der Waals surface area contributed by atoms with Crippen molar-refractivity contribution in [1.29, 1.82) is 0 Å². The summed E-state index contributed by atoms with van der Waals surface area (Å²) in [5, 5.41) is 8.68. The quantitative estimate of drug-likeness (QED) is 0.806. The van der Waals surface area contributed by atoms with Crippen LogP contribution in [0.5, 0.6) is 0 Å². The average Bonchev–Trinajstić information content (AvgIpc) is 2.02. The third kappa shape index (κ3) is 2.31. The predicted octanol–water partition coefficient (Wildman–Crippen LogP) is 2.58. The Morgan fingerprint density at radius 1 is 1.43 bits per heavy atom. The molecule has 0 amide bonds. The zero-order valence-electron chi connectivity index (χ0n) is 8.25. The summed E-state index contributed by atoms with van der Waals surface area (Å²) < 4.78 is 13.3. The third-order valence-electron chi connectivity index (χ3n) is 2.20. The molecule has 3 heteroatoms. The van der Waals surface area contributed by atoms with Crippen molar-refractivity contribution in [2.75, 3.05) is 0 Å². The molecule has 0 atom stereocenters. The maximum Gasteiger partial charge on any atom is 0.304 e. The van der Waals surface area contributed by atoms with E-state index < -0.39 is 11.4 Å². The number of hydrogen-bond acceptors (Lipinski definition) is 1. The van der Waals surface area contributed by atoms with E-state index in [4.69, 9.17) is 5.11 Å². The Morgan fingerprint density at radius 3 is 2.50 bits per heavy atom. The zero-order chi connectivity index (χ0) is 10.8. The number of rotatable bonds is 3. The molecule has 76 valence electrons. The SMILES string of the molecule is CC(C)(CC(=O)O)c1ccccc1F. The van der Waals surface area contributed by atoms with Gasteiger partial charge in [-0.25, -0.2) is 4.39 Å². The monoisotopic (exact) mass is 196 g/mol. The van der Waals surface area contributed by atoms with Crippen LogP contribution >= 0.6 is 0 Å². The van der Waals surface area contributed by atoms with E-state index in [0.29, 0.717) is 5.56 Å². The van der Waals surface area contributed by atoms with Crippen molar-refractivity contribution in [2.45, 2.75) is 25.7 Å². The fourth-order valence-corrected chi connectivity index (χ4v) is 1.48. The van der Waals surface area contributed by atoms with Crippen LogP contribution in [0.15, 0.2) is 24.3 Å². The summed E-state index contributed by atoms with van der Waals surface area (Å²) in [6, 6.07) is 6.27. The van der Waals surface area contributed by atoms with Gasteiger partial charge in [0, 0.05) is 5.41 Å². The van der Waals surface area contributed by atoms with Gasteiger partial charge < -0.3 is 5.11 Å². The van der Waals surface area contributed by atoms with E-state index >= 15 is 0 Å². The smallest absolute Gasteiger partial charge is 0.304 e. The van der Waals surface area contributed by atoms with Crippen molar-refractivity contribution in [3.05, 3.63) is 35.6 Å². The van der Waals surface area contributed by atoms with Crippen molar-refractivity contribution in [1.82, 2.24) is 0 Å². The molecule has 1 aromatic rings. The number of aliphatic carboxylic acids is 1. The zero-order valence-corrected chi connectivity index (χ0v) is 8.25. The standard InChI is InChI=1S/C11H13FO2/c1-11(2,7-10(13)14)8-5-3-4-6-9(8)12/h3-6H,7H2,1-2H3,(H,13,14). The van der Waals surface area contributed by atoms with E-state index in [1.165, 1.54) is 6.07 Å². The van der Waals surface area contributed by atoms with Gasteiger partial charge in [-0.05, 0) is 11.6 Å². The fourth-order valence-electron chi connectivity index (χ4n) is 1.48. The van der Waals surface area contributed by atoms with Gasteiger partial charge in [-0.2, -0.15) is 0 Å². The molecule has 0 aliphatic heterocycles. The normalized spacial score (nSPS) is 11.4. The number of halogens is 1. The summed E-state index contributed by atoms with van der Waals surface area (Å²) in [5.41, 5.74) is -0.223. The second-order valence-electron chi connectivity index (χ2n) is 3.93. The van der Waals surface area contributed by atoms with Crippen molar-refractivity contribution in [2.24, 2.45) is 0 Å². The lowest BCUT2D eigenvalue weighted by Crippen LogP contribution is -2.22. The van der Waals surface area contributed by atoms with Crippen LogP contribution in [0.2, 0.25) is 0 Å². The highest BCUT2D eigenvalue weighted by atomic mass is 19.1. The molecule has 1 N–H and O–H groups in total. The maximum absolute atomic E-state index is 13.3. The molecule has 14 heavy (non-hydrogen) atoms. The van der Waals surface area contributed by atoms with Gasteiger partial charge in [-0.3, -0.25) is 4.79 Å². The second kappa shape index (κ2) is 3.78. The minimum absolute atomic E-state index is 0.0755. The minimum Gasteiger partial charge on any atom is -0.481 e. The molecule has 0 aromatic heterocycles. The molecule has 0 saturated heterocycles. The van der Waals surface area contributed by atoms with Crippen LogP contribution in [0.1, 0.15) is 25.8 Å². The number of benzene rings is 1. The third-order valence-corrected chi connectivity index (χ3v) is 2.20. The van der Waals surface area contributed by atoms with E-state index in [9.17, 15) is 9.18 Å². The Hall–Kier alpha value is -1.38. The summed E-state index contributed by atoms with van der Waals surface area (Å²) in [6.07, 6.45) is -0.0755. The fraction of sp³-hybridized carbons (Fsp3) is 0.364. The van der Waals surface area contributed by atoms with Crippen molar-refractivity contribution in [3.63, 3.8) is 0 Å². The molecule has 1 aromatic carbocycles. The van der Waals surface area contributed by atoms with Gasteiger partial charge in [0.25, 0.3) is 0 Å². The molecule has 0 radical (unpaired) electrons. The Balaban J connectivity index is 3.03. The van der Waals surface area contributed by atoms with E-state index in [0.717, 1.165) is 0 Å². The maximum atomic E-state index is 13.3. The van der Waals surface area contributed by atoms with Gasteiger partial charge in [0.15, 0.2) is 0 Å². The Bertz CT molecular complexity index is 345. The highest BCUT2D eigenvalue weighted by Crippen LogP contribution is 2.28. The van der Waals surface area contributed by atoms with Crippen LogP contribution in [0.25, 0.3) is 0 Å². The van der Waals surface area contributed by atoms with Gasteiger partial charge in [-0.1, -0.05) is 32.0 Å². The van der Waals surface area contributed by atoms with Gasteiger partial charge in [0.1, 0.15) is 5.82 Å². The van der Waals surface area contributed by atoms with Gasteiger partial charge in [0.05, 0.1) is 6.42 Å². The van der Waals surface area contributed by atoms with Crippen LogP contribution in [0, 0.1) is 5.82 Å². The van der Waals surface area contributed by atoms with Crippen LogP contribution in [-0.2, 0) is 10.2 Å². The first-order chi connectivity index (χ1) is 6.43. The molecule has 0 aliphatic carbocycles. The predicted molar refractivity (Wildman–Crippen MR) is 51.7 cm³/mol. The van der Waals surface area contributed by atoms with Crippen LogP contribution < -0.4 is 0 Å². The van der Waals surface area contributed by atoms with E-state index in [-0.39, 0.29) is 12.2 Å². The molecule has 0 fully saturated rings. The lowest BCUT2D eigenvalue weighted by atomic mass is 9.81. The Kier molecular flexibility index (Phi) is 2.89. The largest absolute Gasteiger partial charge is 0.481 e. The molecule has 0 aliphatic rings. The Labute approximate surface area is 82.4 Å². The van der Waals surface area contributed by atoms with E-state index in [1.54, 1.807) is 32.0 Å². The van der Waals surface area contributed by atoms with Crippen LogP contribution in [0.4, 0.5) is 4.39 Å². The summed E-state index contributed by atoms with van der Waals surface area (Å²) in [6.45, 7) is 3.44. The molecule has 0 spiro atoms. The number of carbonyl (C=O) groups is 1. The second-order valence-corrected chi connectivity index (χ2v) is 3.93. The van der Waals surface area contributed by atoms with Crippen molar-refractivity contribution in [3.8, 4) is 0 Å². The molecule has 2 nitrogen and oxygen atoms in total. The summed E-state index contributed by atoms with van der Waals surface area (Å²) in [7, 11) is 0. The highest BCUT2D eigenvalue weighted by molar-refractivity contribution is 5.68. The Morgan fingerprint density at radius 2 is 2.00 bits per heavy atom. The van der Waals surface area contributed by atoms with Crippen molar-refractivity contribution < 1.29 is 14.3 Å². The molecular weight excluding hydrogens is 183 g/mol. The van der Waals surface area contributed by atoms with Crippen LogP contribution in [0.3, 0.4) is 0 Å². The average molecular weight is 196 g/mol. The minimum atomic E-state index is -0.918. The summed E-state index contributed by atoms with van der Waals surface area (Å²) in [4.78, 5) is 10.6. The first kappa shape index (κ1) is 10.7. The number of hydrogen-bond donors (Lipinski definition) is 1. The molecule has 0 saturated carbocycles. The van der Waals surface area contributed by atoms with Crippen molar-refractivity contribution >= 4 is 5.97 Å². The number of carboxylic acid groups (broad SMARTS) is 1. The van der Waals surface area contributed by atoms with Gasteiger partial charge >= 0.3 is 5.97 Å². The highest BCUT2D eigenvalue weighted by Gasteiger charge is 2.26. The van der Waals surface area contributed by atoms with E-state index in [2.05, 4.69) is 0 Å². The summed E-state index contributed by atoms with van der Waals surface area (Å²) >= 11 is 0. The molecule has 0 heterocycles. The molecule has 1 rings (SSSR count).